The zero-order chi connectivity index (χ0) is 20.3. The van der Waals surface area contributed by atoms with E-state index >= 15 is 0 Å². The Morgan fingerprint density at radius 1 is 0.929 bits per heavy atom. The Balaban J connectivity index is 1.90. The molecule has 1 amide bonds. The zero-order valence-corrected chi connectivity index (χ0v) is 16.9. The average molecular weight is 415 g/mol. The summed E-state index contributed by atoms with van der Waals surface area (Å²) in [5.41, 5.74) is 3.09. The highest BCUT2D eigenvalue weighted by Crippen LogP contribution is 2.26. The molecule has 2 N–H and O–H groups in total. The first-order chi connectivity index (χ1) is 13.3. The number of benzene rings is 3. The normalized spacial score (nSPS) is 11.1. The topological polar surface area (TPSA) is 75.3 Å². The summed E-state index contributed by atoms with van der Waals surface area (Å²) in [4.78, 5) is 12.4. The van der Waals surface area contributed by atoms with Gasteiger partial charge in [-0.05, 0) is 61.4 Å². The highest BCUT2D eigenvalue weighted by molar-refractivity contribution is 7.92. The van der Waals surface area contributed by atoms with E-state index < -0.39 is 15.9 Å². The first-order valence-electron chi connectivity index (χ1n) is 8.52. The van der Waals surface area contributed by atoms with Gasteiger partial charge < -0.3 is 5.32 Å². The van der Waals surface area contributed by atoms with Crippen molar-refractivity contribution in [3.05, 3.63) is 88.4 Å². The Morgan fingerprint density at radius 2 is 1.68 bits per heavy atom. The van der Waals surface area contributed by atoms with Crippen LogP contribution in [0.15, 0.2) is 71.6 Å². The molecular weight excluding hydrogens is 396 g/mol. The van der Waals surface area contributed by atoms with Crippen LogP contribution >= 0.6 is 11.6 Å². The predicted molar refractivity (Wildman–Crippen MR) is 113 cm³/mol. The molecule has 3 aromatic rings. The lowest BCUT2D eigenvalue weighted by atomic mass is 10.1. The van der Waals surface area contributed by atoms with Crippen LogP contribution < -0.4 is 10.0 Å². The van der Waals surface area contributed by atoms with Crippen molar-refractivity contribution in [2.24, 2.45) is 0 Å². The number of rotatable bonds is 5. The molecule has 0 atom stereocenters. The minimum absolute atomic E-state index is 0.0348. The van der Waals surface area contributed by atoms with Gasteiger partial charge in [-0.15, -0.1) is 0 Å². The third kappa shape index (κ3) is 4.52. The Morgan fingerprint density at radius 3 is 2.39 bits per heavy atom. The largest absolute Gasteiger partial charge is 0.322 e. The Labute approximate surface area is 169 Å². The molecule has 0 saturated carbocycles. The van der Waals surface area contributed by atoms with E-state index in [0.29, 0.717) is 11.4 Å². The number of para-hydroxylation sites is 1. The molecule has 0 aliphatic carbocycles. The molecule has 3 rings (SSSR count). The number of anilines is 2. The molecule has 0 fully saturated rings. The van der Waals surface area contributed by atoms with Gasteiger partial charge in [-0.3, -0.25) is 9.52 Å². The van der Waals surface area contributed by atoms with E-state index in [1.165, 1.54) is 18.2 Å². The number of amides is 1. The van der Waals surface area contributed by atoms with Crippen LogP contribution in [0.2, 0.25) is 5.02 Å². The summed E-state index contributed by atoms with van der Waals surface area (Å²) in [5, 5.41) is 2.82. The maximum atomic E-state index is 12.8. The minimum atomic E-state index is -3.96. The lowest BCUT2D eigenvalue weighted by molar-refractivity contribution is 0.102. The van der Waals surface area contributed by atoms with Gasteiger partial charge in [0.1, 0.15) is 4.90 Å². The average Bonchev–Trinajstić information content (AvgIpc) is 2.63. The number of nitrogens with one attached hydrogen (secondary N) is 2. The molecule has 0 aliphatic rings. The van der Waals surface area contributed by atoms with E-state index in [-0.39, 0.29) is 15.5 Å². The maximum Gasteiger partial charge on any atom is 0.263 e. The van der Waals surface area contributed by atoms with Gasteiger partial charge in [0.25, 0.3) is 15.9 Å². The molecule has 5 nitrogen and oxygen atoms in total. The lowest BCUT2D eigenvalue weighted by Crippen LogP contribution is -2.16. The molecule has 0 radical (unpaired) electrons. The number of hydrogen-bond acceptors (Lipinski definition) is 3. The van der Waals surface area contributed by atoms with Gasteiger partial charge in [0.15, 0.2) is 0 Å². The quantitative estimate of drug-likeness (QED) is 0.616. The molecule has 7 heteroatoms. The fourth-order valence-corrected chi connectivity index (χ4v) is 4.25. The van der Waals surface area contributed by atoms with Gasteiger partial charge in [0, 0.05) is 16.9 Å². The monoisotopic (exact) mass is 414 g/mol. The van der Waals surface area contributed by atoms with Crippen molar-refractivity contribution in [3.8, 4) is 0 Å². The standard InChI is InChI=1S/C21H19ClN2O3S/c1-14-6-5-8-17(12-14)24-28(26,27)20-13-16(10-11-18(20)22)21(25)23-19-9-4-3-7-15(19)2/h3-13,24H,1-2H3,(H,23,25). The Bertz CT molecular complexity index is 1140. The third-order valence-electron chi connectivity index (χ3n) is 4.15. The van der Waals surface area contributed by atoms with E-state index in [1.54, 1.807) is 24.3 Å². The van der Waals surface area contributed by atoms with Crippen molar-refractivity contribution < 1.29 is 13.2 Å². The first-order valence-corrected chi connectivity index (χ1v) is 10.4. The van der Waals surface area contributed by atoms with E-state index in [4.69, 9.17) is 11.6 Å². The van der Waals surface area contributed by atoms with Crippen molar-refractivity contribution in [1.29, 1.82) is 0 Å². The molecule has 0 aromatic heterocycles. The van der Waals surface area contributed by atoms with Crippen LogP contribution in [0.4, 0.5) is 11.4 Å². The Hall–Kier alpha value is -2.83. The molecule has 0 saturated heterocycles. The predicted octanol–water partition coefficient (Wildman–Crippen LogP) is 5.01. The van der Waals surface area contributed by atoms with Gasteiger partial charge in [-0.25, -0.2) is 8.42 Å². The van der Waals surface area contributed by atoms with Crippen LogP contribution in [-0.2, 0) is 10.0 Å². The van der Waals surface area contributed by atoms with Crippen LogP contribution in [0, 0.1) is 13.8 Å². The summed E-state index contributed by atoms with van der Waals surface area (Å²) in [6, 6.07) is 18.5. The van der Waals surface area contributed by atoms with Gasteiger partial charge in [0.2, 0.25) is 0 Å². The van der Waals surface area contributed by atoms with Gasteiger partial charge in [-0.1, -0.05) is 41.9 Å². The zero-order valence-electron chi connectivity index (χ0n) is 15.4. The summed E-state index contributed by atoms with van der Waals surface area (Å²) in [5.74, 6) is -0.419. The number of carbonyl (C=O) groups excluding carboxylic acids is 1. The van der Waals surface area contributed by atoms with Gasteiger partial charge in [0.05, 0.1) is 5.02 Å². The summed E-state index contributed by atoms with van der Waals surface area (Å²) in [7, 11) is -3.96. The minimum Gasteiger partial charge on any atom is -0.322 e. The molecule has 3 aromatic carbocycles. The first kappa shape index (κ1) is 19.9. The molecule has 0 spiro atoms. The second kappa shape index (κ2) is 8.04. The van der Waals surface area contributed by atoms with Gasteiger partial charge in [-0.2, -0.15) is 0 Å². The SMILES string of the molecule is Cc1cccc(NS(=O)(=O)c2cc(C(=O)Nc3ccccc3C)ccc2Cl)c1. The fourth-order valence-electron chi connectivity index (χ4n) is 2.68. The van der Waals surface area contributed by atoms with Crippen LogP contribution in [0.25, 0.3) is 0 Å². The number of aryl methyl sites for hydroxylation is 2. The van der Waals surface area contributed by atoms with E-state index in [0.717, 1.165) is 11.1 Å². The van der Waals surface area contributed by atoms with Crippen molar-refractivity contribution in [2.75, 3.05) is 10.0 Å². The lowest BCUT2D eigenvalue weighted by Gasteiger charge is -2.12. The van der Waals surface area contributed by atoms with Crippen LogP contribution in [0.3, 0.4) is 0 Å². The number of sulfonamides is 1. The maximum absolute atomic E-state index is 12.8. The molecule has 0 unspecified atom stereocenters. The second-order valence-corrected chi connectivity index (χ2v) is 8.45. The van der Waals surface area contributed by atoms with E-state index in [9.17, 15) is 13.2 Å². The Kier molecular flexibility index (Phi) is 5.72. The highest BCUT2D eigenvalue weighted by atomic mass is 35.5. The van der Waals surface area contributed by atoms with E-state index in [2.05, 4.69) is 10.0 Å². The van der Waals surface area contributed by atoms with Crippen LogP contribution in [0.1, 0.15) is 21.5 Å². The fraction of sp³-hybridized carbons (Fsp3) is 0.0952. The number of carbonyl (C=O) groups is 1. The molecule has 0 aliphatic heterocycles. The molecule has 0 bridgehead atoms. The van der Waals surface area contributed by atoms with Crippen LogP contribution in [-0.4, -0.2) is 14.3 Å². The van der Waals surface area contributed by atoms with Crippen molar-refractivity contribution in [2.45, 2.75) is 18.7 Å². The van der Waals surface area contributed by atoms with Crippen LogP contribution in [0.5, 0.6) is 0 Å². The molecular formula is C21H19ClN2O3S. The van der Waals surface area contributed by atoms with Crippen molar-refractivity contribution in [1.82, 2.24) is 0 Å². The van der Waals surface area contributed by atoms with Crippen molar-refractivity contribution >= 4 is 38.9 Å². The summed E-state index contributed by atoms with van der Waals surface area (Å²) >= 11 is 6.12. The smallest absolute Gasteiger partial charge is 0.263 e. The summed E-state index contributed by atoms with van der Waals surface area (Å²) in [6.45, 7) is 3.74. The number of halogens is 1. The third-order valence-corrected chi connectivity index (χ3v) is 6.01. The summed E-state index contributed by atoms with van der Waals surface area (Å²) < 4.78 is 28.1. The second-order valence-electron chi connectivity index (χ2n) is 6.39. The molecule has 28 heavy (non-hydrogen) atoms. The molecule has 144 valence electrons. The van der Waals surface area contributed by atoms with Gasteiger partial charge >= 0.3 is 0 Å². The molecule has 0 heterocycles. The van der Waals surface area contributed by atoms with E-state index in [1.807, 2.05) is 38.1 Å². The van der Waals surface area contributed by atoms with Crippen molar-refractivity contribution in [3.63, 3.8) is 0 Å². The summed E-state index contributed by atoms with van der Waals surface area (Å²) in [6.07, 6.45) is 0. The number of hydrogen-bond donors (Lipinski definition) is 2. The highest BCUT2D eigenvalue weighted by Gasteiger charge is 2.21.